The zero-order chi connectivity index (χ0) is 37.6. The van der Waals surface area contributed by atoms with Gasteiger partial charge in [-0.05, 0) is 123 Å². The summed E-state index contributed by atoms with van der Waals surface area (Å²) in [4.78, 5) is 51.6. The average molecular weight is 709 g/mol. The molecule has 0 heterocycles. The number of hydrogen-bond acceptors (Lipinski definition) is 5. The highest BCUT2D eigenvalue weighted by Crippen LogP contribution is 2.76. The highest BCUT2D eigenvalue weighted by molar-refractivity contribution is 6.02. The van der Waals surface area contributed by atoms with Gasteiger partial charge in [0.05, 0.1) is 17.4 Å². The molecular weight excluding hydrogens is 649 g/mol. The molecule has 50 heavy (non-hydrogen) atoms. The van der Waals surface area contributed by atoms with Crippen molar-refractivity contribution in [3.63, 3.8) is 0 Å². The molecule has 3 N–H and O–H groups in total. The maximum atomic E-state index is 13.7. The van der Waals surface area contributed by atoms with Crippen LogP contribution in [0, 0.1) is 50.7 Å². The number of urea groups is 1. The maximum absolute atomic E-state index is 13.7. The lowest BCUT2D eigenvalue weighted by Gasteiger charge is -2.72. The molecule has 3 unspecified atom stereocenters. The van der Waals surface area contributed by atoms with Crippen LogP contribution < -0.4 is 10.6 Å². The molecule has 9 atom stereocenters. The highest BCUT2D eigenvalue weighted by atomic mass is 19.4. The Bertz CT molecular complexity index is 1470. The zero-order valence-electron chi connectivity index (χ0n) is 31.7. The summed E-state index contributed by atoms with van der Waals surface area (Å²) in [7, 11) is 0. The second-order valence-corrected chi connectivity index (χ2v) is 18.8. The van der Waals surface area contributed by atoms with Crippen LogP contribution in [-0.4, -0.2) is 52.7 Å². The number of esters is 1. The molecule has 4 fully saturated rings. The summed E-state index contributed by atoms with van der Waals surface area (Å²) in [6, 6.07) is -2.92. The van der Waals surface area contributed by atoms with Gasteiger partial charge in [-0.2, -0.15) is 13.2 Å². The van der Waals surface area contributed by atoms with Gasteiger partial charge < -0.3 is 20.5 Å². The molecule has 0 bridgehead atoms. The van der Waals surface area contributed by atoms with Crippen molar-refractivity contribution in [3.05, 3.63) is 11.1 Å². The number of alkyl halides is 3. The Kier molecular flexibility index (Phi) is 9.46. The number of hydrogen-bond donors (Lipinski definition) is 3. The predicted octanol–water partition coefficient (Wildman–Crippen LogP) is 8.38. The molecule has 11 heteroatoms. The molecule has 8 nitrogen and oxygen atoms in total. The van der Waals surface area contributed by atoms with Crippen molar-refractivity contribution in [3.8, 4) is 0 Å². The third-order valence-electron chi connectivity index (χ3n) is 15.0. The fourth-order valence-electron chi connectivity index (χ4n) is 12.1. The molecule has 2 amide bonds. The third kappa shape index (κ3) is 5.88. The van der Waals surface area contributed by atoms with Gasteiger partial charge in [0.1, 0.15) is 12.1 Å². The quantitative estimate of drug-likeness (QED) is 0.229. The molecule has 282 valence electrons. The van der Waals surface area contributed by atoms with Gasteiger partial charge >= 0.3 is 24.1 Å². The largest absolute Gasteiger partial charge is 0.481 e. The number of ether oxygens (including phenoxy) is 1. The van der Waals surface area contributed by atoms with Crippen molar-refractivity contribution in [2.45, 2.75) is 157 Å². The minimum atomic E-state index is -4.58. The summed E-state index contributed by atoms with van der Waals surface area (Å²) in [5.74, 6) is -0.984. The lowest BCUT2D eigenvalue weighted by molar-refractivity contribution is -0.232. The summed E-state index contributed by atoms with van der Waals surface area (Å²) in [5, 5.41) is 14.6. The van der Waals surface area contributed by atoms with Gasteiger partial charge in [-0.15, -0.1) is 0 Å². The van der Waals surface area contributed by atoms with E-state index in [1.165, 1.54) is 13.8 Å². The van der Waals surface area contributed by atoms with Crippen LogP contribution in [-0.2, 0) is 19.1 Å². The first-order valence-corrected chi connectivity index (χ1v) is 18.6. The standard InChI is InChI=1S/C39H59F3N2O6/c1-21(2)29-24(45)19-38(44-32(49)43-22(3)39(40,41)42)18-17-36(9)23(30(29)38)11-12-26-35(8)15-14-27(50-28(46)20-33(4,5)31(47)48)34(6,7)25(35)13-16-37(26,36)10/h21-23,25-27H,11-20H2,1-10H3,(H,47,48)(H2,43,44,49)/t22-,23?,25?,26?,27-,35-,36+,37+,38+/m0/s1. The highest BCUT2D eigenvalue weighted by Gasteiger charge is 2.70. The molecule has 0 radical (unpaired) electrons. The summed E-state index contributed by atoms with van der Waals surface area (Å²) >= 11 is 0. The lowest BCUT2D eigenvalue weighted by atomic mass is 9.33. The molecule has 5 aliphatic carbocycles. The van der Waals surface area contributed by atoms with Crippen molar-refractivity contribution in [2.75, 3.05) is 0 Å². The summed E-state index contributed by atoms with van der Waals surface area (Å²) < 4.78 is 46.2. The van der Waals surface area contributed by atoms with Gasteiger partial charge in [0.2, 0.25) is 0 Å². The van der Waals surface area contributed by atoms with Crippen LogP contribution in [0.5, 0.6) is 0 Å². The number of rotatable bonds is 7. The number of carboxylic acid groups (broad SMARTS) is 1. The van der Waals surface area contributed by atoms with E-state index in [9.17, 15) is 37.5 Å². The van der Waals surface area contributed by atoms with E-state index in [1.807, 2.05) is 13.8 Å². The number of carbonyl (C=O) groups excluding carboxylic acids is 3. The predicted molar refractivity (Wildman–Crippen MR) is 183 cm³/mol. The van der Waals surface area contributed by atoms with Crippen molar-refractivity contribution in [1.29, 1.82) is 0 Å². The first-order valence-electron chi connectivity index (χ1n) is 18.6. The number of fused-ring (bicyclic) bond motifs is 7. The minimum absolute atomic E-state index is 0.00438. The van der Waals surface area contributed by atoms with Crippen molar-refractivity contribution < 1.29 is 42.2 Å². The van der Waals surface area contributed by atoms with Gasteiger partial charge in [0, 0.05) is 11.8 Å². The van der Waals surface area contributed by atoms with Gasteiger partial charge in [-0.25, -0.2) is 4.79 Å². The first kappa shape index (κ1) is 38.6. The Morgan fingerprint density at radius 2 is 1.54 bits per heavy atom. The lowest BCUT2D eigenvalue weighted by Crippen LogP contribution is -2.67. The van der Waals surface area contributed by atoms with E-state index in [2.05, 4.69) is 45.3 Å². The van der Waals surface area contributed by atoms with Gasteiger partial charge in [0.25, 0.3) is 0 Å². The van der Waals surface area contributed by atoms with Gasteiger partial charge in [-0.3, -0.25) is 14.4 Å². The molecule has 0 aromatic heterocycles. The van der Waals surface area contributed by atoms with E-state index >= 15 is 0 Å². The number of nitrogens with one attached hydrogen (secondary N) is 2. The van der Waals surface area contributed by atoms with Crippen LogP contribution in [0.2, 0.25) is 0 Å². The Morgan fingerprint density at radius 3 is 2.12 bits per heavy atom. The summed E-state index contributed by atoms with van der Waals surface area (Å²) in [5.41, 5.74) is -1.21. The fourth-order valence-corrected chi connectivity index (χ4v) is 12.1. The average Bonchev–Trinajstić information content (AvgIpc) is 3.25. The Morgan fingerprint density at radius 1 is 0.900 bits per heavy atom. The summed E-state index contributed by atoms with van der Waals surface area (Å²) in [6.07, 6.45) is 1.43. The van der Waals surface area contributed by atoms with Crippen LogP contribution in [0.15, 0.2) is 11.1 Å². The van der Waals surface area contributed by atoms with Gasteiger partial charge in [-0.1, -0.05) is 48.5 Å². The topological polar surface area (TPSA) is 122 Å². The van der Waals surface area contributed by atoms with Crippen molar-refractivity contribution in [2.24, 2.45) is 50.7 Å². The molecule has 5 aliphatic rings. The second-order valence-electron chi connectivity index (χ2n) is 18.8. The first-order chi connectivity index (χ1) is 22.8. The third-order valence-corrected chi connectivity index (χ3v) is 15.0. The van der Waals surface area contributed by atoms with Crippen LogP contribution in [0.1, 0.15) is 133 Å². The number of aliphatic carboxylic acids is 1. The number of carboxylic acids is 1. The minimum Gasteiger partial charge on any atom is -0.481 e. The smallest absolute Gasteiger partial charge is 0.408 e. The van der Waals surface area contributed by atoms with Crippen LogP contribution >= 0.6 is 0 Å². The molecule has 4 saturated carbocycles. The molecular formula is C39H59F3N2O6. The second kappa shape index (κ2) is 12.2. The Labute approximate surface area is 295 Å². The SMILES string of the molecule is CC(C)C1=C2C3CCC4[C@@]5(C)CC[C@H](OC(=O)CC(C)(C)C(=O)O)C(C)(C)C5CC[C@@]4(C)[C@]3(C)CC[C@@]2(NC(=O)N[C@@H](C)C(F)(F)F)CC1=O. The van der Waals surface area contributed by atoms with Gasteiger partial charge in [0.15, 0.2) is 5.78 Å². The van der Waals surface area contributed by atoms with E-state index in [-0.39, 0.29) is 64.1 Å². The van der Waals surface area contributed by atoms with Crippen LogP contribution in [0.3, 0.4) is 0 Å². The van der Waals surface area contributed by atoms with Crippen molar-refractivity contribution >= 4 is 23.8 Å². The summed E-state index contributed by atoms with van der Waals surface area (Å²) in [6.45, 7) is 19.6. The number of allylic oxidation sites excluding steroid dienone is 1. The number of carbonyl (C=O) groups is 4. The molecule has 0 aromatic carbocycles. The van der Waals surface area contributed by atoms with E-state index in [1.54, 1.807) is 0 Å². The van der Waals surface area contributed by atoms with Crippen LogP contribution in [0.25, 0.3) is 0 Å². The normalized spacial score (nSPS) is 38.7. The Hall–Kier alpha value is -2.59. The van der Waals surface area contributed by atoms with E-state index in [0.29, 0.717) is 18.8 Å². The fraction of sp³-hybridized carbons (Fsp3) is 0.846. The molecule has 0 saturated heterocycles. The van der Waals surface area contributed by atoms with E-state index in [0.717, 1.165) is 56.6 Å². The number of ketones is 1. The van der Waals surface area contributed by atoms with Crippen LogP contribution in [0.4, 0.5) is 18.0 Å². The zero-order valence-corrected chi connectivity index (χ0v) is 31.7. The van der Waals surface area contributed by atoms with E-state index < -0.39 is 41.1 Å². The number of amides is 2. The van der Waals surface area contributed by atoms with Crippen molar-refractivity contribution in [1.82, 2.24) is 10.6 Å². The molecule has 5 rings (SSSR count). The number of Topliss-reactive ketones (excluding diaryl/α,β-unsaturated/α-hetero) is 1. The maximum Gasteiger partial charge on any atom is 0.408 e. The molecule has 0 aromatic rings. The van der Waals surface area contributed by atoms with E-state index in [4.69, 9.17) is 4.74 Å². The molecule has 0 spiro atoms. The Balaban J connectivity index is 1.44. The monoisotopic (exact) mass is 708 g/mol. The molecule has 0 aliphatic heterocycles. The number of halogens is 3.